The van der Waals surface area contributed by atoms with Gasteiger partial charge in [-0.25, -0.2) is 0 Å². The monoisotopic (exact) mass is 386 g/mol. The summed E-state index contributed by atoms with van der Waals surface area (Å²) in [6.07, 6.45) is 4.01. The Labute approximate surface area is 166 Å². The van der Waals surface area contributed by atoms with Gasteiger partial charge in [0.05, 0.1) is 12.8 Å². The quantitative estimate of drug-likeness (QED) is 0.754. The van der Waals surface area contributed by atoms with Crippen LogP contribution in [0.4, 0.5) is 5.69 Å². The maximum Gasteiger partial charge on any atom is 0.225 e. The molecule has 1 saturated heterocycles. The van der Waals surface area contributed by atoms with Crippen molar-refractivity contribution >= 4 is 23.2 Å². The topological polar surface area (TPSA) is 41.6 Å². The number of anilines is 1. The number of rotatable bonds is 7. The van der Waals surface area contributed by atoms with Gasteiger partial charge in [0.15, 0.2) is 0 Å². The van der Waals surface area contributed by atoms with Crippen molar-refractivity contribution in [1.29, 1.82) is 0 Å². The molecule has 2 aromatic carbocycles. The number of amides is 1. The standard InChI is InChI=1S/C22H27ClN2O2/c1-27-21-8-7-19(23)16-20(21)24-22(26)11-14-25-12-9-18(10-13-25)15-17-5-3-2-4-6-17/h2-8,16,18H,9-15H2,1H3,(H,24,26). The van der Waals surface area contributed by atoms with Crippen LogP contribution < -0.4 is 10.1 Å². The first-order valence-corrected chi connectivity index (χ1v) is 9.91. The van der Waals surface area contributed by atoms with Crippen molar-refractivity contribution < 1.29 is 9.53 Å². The molecule has 1 fully saturated rings. The lowest BCUT2D eigenvalue weighted by Gasteiger charge is -2.31. The van der Waals surface area contributed by atoms with E-state index >= 15 is 0 Å². The highest BCUT2D eigenvalue weighted by atomic mass is 35.5. The fourth-order valence-electron chi connectivity index (χ4n) is 3.61. The van der Waals surface area contributed by atoms with Gasteiger partial charge in [0, 0.05) is 18.0 Å². The van der Waals surface area contributed by atoms with E-state index in [4.69, 9.17) is 16.3 Å². The lowest BCUT2D eigenvalue weighted by Crippen LogP contribution is -2.36. The molecule has 4 nitrogen and oxygen atoms in total. The third kappa shape index (κ3) is 5.98. The van der Waals surface area contributed by atoms with Crippen LogP contribution in [0.5, 0.6) is 5.75 Å². The van der Waals surface area contributed by atoms with Crippen molar-refractivity contribution in [3.63, 3.8) is 0 Å². The molecule has 0 bridgehead atoms. The Balaban J connectivity index is 1.41. The van der Waals surface area contributed by atoms with Gasteiger partial charge in [-0.15, -0.1) is 0 Å². The fourth-order valence-corrected chi connectivity index (χ4v) is 3.78. The summed E-state index contributed by atoms with van der Waals surface area (Å²) in [7, 11) is 1.58. The van der Waals surface area contributed by atoms with Gasteiger partial charge in [0.2, 0.25) is 5.91 Å². The molecular weight excluding hydrogens is 360 g/mol. The fraction of sp³-hybridized carbons (Fsp3) is 0.409. The molecule has 1 amide bonds. The molecule has 1 N–H and O–H groups in total. The predicted molar refractivity (Wildman–Crippen MR) is 111 cm³/mol. The maximum atomic E-state index is 12.3. The van der Waals surface area contributed by atoms with E-state index in [0.717, 1.165) is 32.0 Å². The molecule has 1 aliphatic rings. The van der Waals surface area contributed by atoms with E-state index < -0.39 is 0 Å². The van der Waals surface area contributed by atoms with Crippen molar-refractivity contribution in [2.75, 3.05) is 32.1 Å². The second-order valence-electron chi connectivity index (χ2n) is 7.12. The average molecular weight is 387 g/mol. The molecular formula is C22H27ClN2O2. The average Bonchev–Trinajstić information content (AvgIpc) is 2.68. The first-order chi connectivity index (χ1) is 13.1. The number of hydrogen-bond acceptors (Lipinski definition) is 3. The second kappa shape index (κ2) is 9.77. The summed E-state index contributed by atoms with van der Waals surface area (Å²) in [5, 5.41) is 3.48. The van der Waals surface area contributed by atoms with Gasteiger partial charge in [-0.3, -0.25) is 4.79 Å². The van der Waals surface area contributed by atoms with Gasteiger partial charge >= 0.3 is 0 Å². The van der Waals surface area contributed by atoms with Crippen LogP contribution in [0.2, 0.25) is 5.02 Å². The van der Waals surface area contributed by atoms with E-state index in [1.54, 1.807) is 25.3 Å². The highest BCUT2D eigenvalue weighted by molar-refractivity contribution is 6.31. The Bertz CT molecular complexity index is 743. The van der Waals surface area contributed by atoms with Gasteiger partial charge in [-0.2, -0.15) is 0 Å². The molecule has 0 unspecified atom stereocenters. The highest BCUT2D eigenvalue weighted by Gasteiger charge is 2.20. The van der Waals surface area contributed by atoms with Gasteiger partial charge in [0.1, 0.15) is 5.75 Å². The molecule has 144 valence electrons. The van der Waals surface area contributed by atoms with Gasteiger partial charge in [-0.05, 0) is 62.0 Å². The van der Waals surface area contributed by atoms with E-state index in [1.807, 2.05) is 0 Å². The number of methoxy groups -OCH3 is 1. The third-order valence-corrected chi connectivity index (χ3v) is 5.40. The number of benzene rings is 2. The Kier molecular flexibility index (Phi) is 7.13. The number of likely N-dealkylation sites (tertiary alicyclic amines) is 1. The summed E-state index contributed by atoms with van der Waals surface area (Å²) in [6.45, 7) is 2.91. The van der Waals surface area contributed by atoms with Crippen LogP contribution in [0.3, 0.4) is 0 Å². The van der Waals surface area contributed by atoms with E-state index in [2.05, 4.69) is 40.5 Å². The minimum absolute atomic E-state index is 0.0121. The van der Waals surface area contributed by atoms with E-state index in [0.29, 0.717) is 22.9 Å². The molecule has 0 aromatic heterocycles. The Morgan fingerprint density at radius 1 is 1.19 bits per heavy atom. The molecule has 0 radical (unpaired) electrons. The molecule has 1 heterocycles. The molecule has 27 heavy (non-hydrogen) atoms. The summed E-state index contributed by atoms with van der Waals surface area (Å²) >= 11 is 6.01. The molecule has 3 rings (SSSR count). The highest BCUT2D eigenvalue weighted by Crippen LogP contribution is 2.28. The summed E-state index contributed by atoms with van der Waals surface area (Å²) in [6, 6.07) is 15.9. The predicted octanol–water partition coefficient (Wildman–Crippen LogP) is 4.63. The summed E-state index contributed by atoms with van der Waals surface area (Å²) < 4.78 is 5.27. The zero-order valence-corrected chi connectivity index (χ0v) is 16.5. The first-order valence-electron chi connectivity index (χ1n) is 9.53. The minimum atomic E-state index is -0.0121. The van der Waals surface area contributed by atoms with Crippen molar-refractivity contribution in [2.24, 2.45) is 5.92 Å². The number of ether oxygens (including phenoxy) is 1. The summed E-state index contributed by atoms with van der Waals surface area (Å²) in [4.78, 5) is 14.7. The van der Waals surface area contributed by atoms with Crippen LogP contribution in [0.25, 0.3) is 0 Å². The molecule has 0 saturated carbocycles. The molecule has 0 aliphatic carbocycles. The molecule has 1 aliphatic heterocycles. The van der Waals surface area contributed by atoms with Gasteiger partial charge in [0.25, 0.3) is 0 Å². The second-order valence-corrected chi connectivity index (χ2v) is 7.55. The number of halogens is 1. The maximum absolute atomic E-state index is 12.3. The number of nitrogens with zero attached hydrogens (tertiary/aromatic N) is 1. The Morgan fingerprint density at radius 2 is 1.93 bits per heavy atom. The van der Waals surface area contributed by atoms with Crippen molar-refractivity contribution in [2.45, 2.75) is 25.7 Å². The lowest BCUT2D eigenvalue weighted by atomic mass is 9.90. The van der Waals surface area contributed by atoms with Crippen LogP contribution in [-0.4, -0.2) is 37.6 Å². The smallest absolute Gasteiger partial charge is 0.225 e. The van der Waals surface area contributed by atoms with Crippen molar-refractivity contribution in [1.82, 2.24) is 4.90 Å². The SMILES string of the molecule is COc1ccc(Cl)cc1NC(=O)CCN1CCC(Cc2ccccc2)CC1. The molecule has 5 heteroatoms. The van der Waals surface area contributed by atoms with E-state index in [9.17, 15) is 4.79 Å². The number of carbonyl (C=O) groups excluding carboxylic acids is 1. The van der Waals surface area contributed by atoms with Crippen LogP contribution in [-0.2, 0) is 11.2 Å². The third-order valence-electron chi connectivity index (χ3n) is 5.17. The normalized spacial score (nSPS) is 15.5. The summed E-state index contributed by atoms with van der Waals surface area (Å²) in [5.74, 6) is 1.35. The van der Waals surface area contributed by atoms with Crippen LogP contribution >= 0.6 is 11.6 Å². The minimum Gasteiger partial charge on any atom is -0.495 e. The zero-order valence-electron chi connectivity index (χ0n) is 15.8. The molecule has 0 atom stereocenters. The largest absolute Gasteiger partial charge is 0.495 e. The van der Waals surface area contributed by atoms with Gasteiger partial charge in [-0.1, -0.05) is 41.9 Å². The van der Waals surface area contributed by atoms with E-state index in [-0.39, 0.29) is 5.91 Å². The first kappa shape index (κ1) is 19.7. The van der Waals surface area contributed by atoms with Crippen molar-refractivity contribution in [3.05, 3.63) is 59.1 Å². The summed E-state index contributed by atoms with van der Waals surface area (Å²) in [5.41, 5.74) is 2.04. The Morgan fingerprint density at radius 3 is 2.63 bits per heavy atom. The lowest BCUT2D eigenvalue weighted by molar-refractivity contribution is -0.116. The molecule has 2 aromatic rings. The van der Waals surface area contributed by atoms with Crippen LogP contribution in [0, 0.1) is 5.92 Å². The number of piperidine rings is 1. The van der Waals surface area contributed by atoms with E-state index in [1.165, 1.54) is 18.4 Å². The van der Waals surface area contributed by atoms with Crippen LogP contribution in [0.1, 0.15) is 24.8 Å². The number of hydrogen-bond donors (Lipinski definition) is 1. The van der Waals surface area contributed by atoms with Crippen LogP contribution in [0.15, 0.2) is 48.5 Å². The Hall–Kier alpha value is -2.04. The number of nitrogens with one attached hydrogen (secondary N) is 1. The van der Waals surface area contributed by atoms with Gasteiger partial charge < -0.3 is 15.0 Å². The van der Waals surface area contributed by atoms with Crippen molar-refractivity contribution in [3.8, 4) is 5.75 Å². The number of carbonyl (C=O) groups is 1. The zero-order chi connectivity index (χ0) is 19.1. The molecule has 0 spiro atoms.